The fraction of sp³-hybridized carbons (Fsp3) is 0.462. The summed E-state index contributed by atoms with van der Waals surface area (Å²) in [7, 11) is 0. The highest BCUT2D eigenvalue weighted by Crippen LogP contribution is 2.28. The normalized spacial score (nSPS) is 15.2. The molecule has 1 fully saturated rings. The Hall–Kier alpha value is -2.93. The number of nitrogens with zero attached hydrogens (tertiary/aromatic N) is 2. The minimum atomic E-state index is -0.357. The smallest absolute Gasteiger partial charge is 0.258 e. The Morgan fingerprint density at radius 2 is 1.79 bits per heavy atom. The van der Waals surface area contributed by atoms with Gasteiger partial charge in [0.05, 0.1) is 6.04 Å². The summed E-state index contributed by atoms with van der Waals surface area (Å²) in [5, 5.41) is 2.93. The molecule has 0 bridgehead atoms. The molecule has 1 aliphatic rings. The summed E-state index contributed by atoms with van der Waals surface area (Å²) in [5.41, 5.74) is 2.78. The number of piperazine rings is 1. The summed E-state index contributed by atoms with van der Waals surface area (Å²) in [5.74, 6) is 0.160. The number of ketones is 1. The fourth-order valence-corrected chi connectivity index (χ4v) is 4.05. The van der Waals surface area contributed by atoms with Crippen LogP contribution in [-0.4, -0.2) is 55.9 Å². The number of rotatable bonds is 10. The summed E-state index contributed by atoms with van der Waals surface area (Å²) in [6, 6.07) is 11.8. The Bertz CT molecular complexity index is 940. The topological polar surface area (TPSA) is 61.9 Å². The molecular weight excluding hydrogens is 421 g/mol. The number of nitrogens with one attached hydrogen (secondary N) is 1. The summed E-state index contributed by atoms with van der Waals surface area (Å²) in [6.45, 7) is 10.2. The molecule has 0 saturated carbocycles. The van der Waals surface area contributed by atoms with Gasteiger partial charge in [0.1, 0.15) is 17.3 Å². The Kier molecular flexibility index (Phi) is 8.83. The maximum atomic E-state index is 14.0. The van der Waals surface area contributed by atoms with Crippen molar-refractivity contribution in [3.63, 3.8) is 0 Å². The van der Waals surface area contributed by atoms with Gasteiger partial charge in [-0.3, -0.25) is 4.79 Å². The molecule has 1 saturated heterocycles. The molecule has 0 radical (unpaired) electrons. The molecule has 1 heterocycles. The van der Waals surface area contributed by atoms with E-state index in [4.69, 9.17) is 4.74 Å². The summed E-state index contributed by atoms with van der Waals surface area (Å²) >= 11 is 0. The molecule has 33 heavy (non-hydrogen) atoms. The van der Waals surface area contributed by atoms with Gasteiger partial charge in [-0.15, -0.1) is 0 Å². The molecule has 2 aromatic rings. The fourth-order valence-electron chi connectivity index (χ4n) is 4.05. The number of ether oxygens (including phenoxy) is 1. The van der Waals surface area contributed by atoms with Crippen molar-refractivity contribution < 1.29 is 18.7 Å². The van der Waals surface area contributed by atoms with Gasteiger partial charge in [-0.1, -0.05) is 19.1 Å². The second-order valence-corrected chi connectivity index (χ2v) is 8.55. The van der Waals surface area contributed by atoms with Crippen LogP contribution in [0.5, 0.6) is 5.75 Å². The number of anilines is 1. The van der Waals surface area contributed by atoms with E-state index in [0.29, 0.717) is 18.6 Å². The number of carbonyl (C=O) groups is 2. The van der Waals surface area contributed by atoms with Gasteiger partial charge in [0.2, 0.25) is 0 Å². The van der Waals surface area contributed by atoms with E-state index >= 15 is 0 Å². The second-order valence-electron chi connectivity index (χ2n) is 8.55. The van der Waals surface area contributed by atoms with Gasteiger partial charge in [-0.05, 0) is 62.7 Å². The van der Waals surface area contributed by atoms with Crippen LogP contribution >= 0.6 is 0 Å². The van der Waals surface area contributed by atoms with E-state index in [1.165, 1.54) is 12.1 Å². The van der Waals surface area contributed by atoms with Gasteiger partial charge in [0.25, 0.3) is 5.91 Å². The van der Waals surface area contributed by atoms with Crippen LogP contribution in [0, 0.1) is 5.82 Å². The molecular formula is C26H34FN3O3. The highest BCUT2D eigenvalue weighted by Gasteiger charge is 2.22. The molecule has 178 valence electrons. The average Bonchev–Trinajstić information content (AvgIpc) is 2.82. The number of benzene rings is 2. The lowest BCUT2D eigenvalue weighted by atomic mass is 10.0. The zero-order chi connectivity index (χ0) is 23.8. The molecule has 0 aliphatic carbocycles. The van der Waals surface area contributed by atoms with E-state index < -0.39 is 0 Å². The van der Waals surface area contributed by atoms with Crippen LogP contribution in [0.4, 0.5) is 10.1 Å². The monoisotopic (exact) mass is 455 g/mol. The van der Waals surface area contributed by atoms with E-state index in [0.717, 1.165) is 49.5 Å². The minimum Gasteiger partial charge on any atom is -0.484 e. The molecule has 7 heteroatoms. The van der Waals surface area contributed by atoms with Gasteiger partial charge in [-0.2, -0.15) is 0 Å². The summed E-state index contributed by atoms with van der Waals surface area (Å²) in [4.78, 5) is 28.3. The van der Waals surface area contributed by atoms with Crippen molar-refractivity contribution in [3.8, 4) is 5.75 Å². The first-order chi connectivity index (χ1) is 15.9. The van der Waals surface area contributed by atoms with Crippen LogP contribution in [0.15, 0.2) is 42.5 Å². The zero-order valence-corrected chi connectivity index (χ0v) is 19.8. The van der Waals surface area contributed by atoms with E-state index in [-0.39, 0.29) is 30.2 Å². The number of Topliss-reactive ketones (excluding diaryl/α,β-unsaturated/α-hetero) is 1. The van der Waals surface area contributed by atoms with Gasteiger partial charge >= 0.3 is 0 Å². The predicted octanol–water partition coefficient (Wildman–Crippen LogP) is 3.75. The lowest BCUT2D eigenvalue weighted by Gasteiger charge is -2.37. The average molecular weight is 456 g/mol. The van der Waals surface area contributed by atoms with Crippen molar-refractivity contribution in [3.05, 3.63) is 59.4 Å². The molecule has 0 spiro atoms. The maximum absolute atomic E-state index is 14.0. The predicted molar refractivity (Wildman–Crippen MR) is 128 cm³/mol. The number of halogens is 1. The quantitative estimate of drug-likeness (QED) is 0.591. The first-order valence-electron chi connectivity index (χ1n) is 11.6. The summed E-state index contributed by atoms with van der Waals surface area (Å²) in [6.07, 6.45) is 1.20. The largest absolute Gasteiger partial charge is 0.484 e. The van der Waals surface area contributed by atoms with Crippen molar-refractivity contribution in [2.75, 3.05) is 44.2 Å². The summed E-state index contributed by atoms with van der Waals surface area (Å²) < 4.78 is 19.7. The molecule has 1 unspecified atom stereocenters. The lowest BCUT2D eigenvalue weighted by Crippen LogP contribution is -2.46. The maximum Gasteiger partial charge on any atom is 0.258 e. The Morgan fingerprint density at radius 3 is 2.42 bits per heavy atom. The molecule has 1 atom stereocenters. The van der Waals surface area contributed by atoms with Crippen molar-refractivity contribution in [1.82, 2.24) is 10.2 Å². The first-order valence-corrected chi connectivity index (χ1v) is 11.6. The van der Waals surface area contributed by atoms with E-state index in [1.54, 1.807) is 25.1 Å². The van der Waals surface area contributed by atoms with E-state index in [1.807, 2.05) is 19.1 Å². The van der Waals surface area contributed by atoms with Gasteiger partial charge in [0.15, 0.2) is 6.61 Å². The van der Waals surface area contributed by atoms with Gasteiger partial charge in [-0.25, -0.2) is 4.39 Å². The van der Waals surface area contributed by atoms with Crippen LogP contribution in [0.2, 0.25) is 0 Å². The highest BCUT2D eigenvalue weighted by molar-refractivity contribution is 5.78. The number of hydrogen-bond acceptors (Lipinski definition) is 5. The van der Waals surface area contributed by atoms with Crippen LogP contribution in [0.3, 0.4) is 0 Å². The van der Waals surface area contributed by atoms with Crippen LogP contribution in [0.1, 0.15) is 44.4 Å². The number of likely N-dealkylation sites (N-methyl/N-ethyl adjacent to an activating group) is 1. The Balaban J connectivity index is 1.56. The molecule has 0 aromatic heterocycles. The standard InChI is InChI=1S/C26H34FN3O3/c1-4-29-13-15-30(16-14-29)25-12-9-22(27)17-24(25)20(3)28-26(32)18-33-23-10-7-21(8-11-23)6-5-19(2)31/h7-12,17,20H,4-6,13-16,18H2,1-3H3,(H,28,32). The third-order valence-electron chi connectivity index (χ3n) is 6.05. The zero-order valence-electron chi connectivity index (χ0n) is 19.8. The van der Waals surface area contributed by atoms with Crippen molar-refractivity contribution in [2.24, 2.45) is 0 Å². The molecule has 1 N–H and O–H groups in total. The van der Waals surface area contributed by atoms with Gasteiger partial charge in [0, 0.05) is 43.9 Å². The highest BCUT2D eigenvalue weighted by atomic mass is 19.1. The molecule has 1 amide bonds. The van der Waals surface area contributed by atoms with E-state index in [9.17, 15) is 14.0 Å². The number of amides is 1. The van der Waals surface area contributed by atoms with Crippen molar-refractivity contribution in [2.45, 2.75) is 39.7 Å². The van der Waals surface area contributed by atoms with Crippen LogP contribution < -0.4 is 15.0 Å². The number of aryl methyl sites for hydroxylation is 1. The van der Waals surface area contributed by atoms with Crippen molar-refractivity contribution >= 4 is 17.4 Å². The third-order valence-corrected chi connectivity index (χ3v) is 6.05. The minimum absolute atomic E-state index is 0.128. The van der Waals surface area contributed by atoms with Gasteiger partial charge < -0.3 is 24.6 Å². The molecule has 6 nitrogen and oxygen atoms in total. The Morgan fingerprint density at radius 1 is 1.09 bits per heavy atom. The van der Waals surface area contributed by atoms with Crippen LogP contribution in [0.25, 0.3) is 0 Å². The van der Waals surface area contributed by atoms with Crippen LogP contribution in [-0.2, 0) is 16.0 Å². The van der Waals surface area contributed by atoms with Crippen molar-refractivity contribution in [1.29, 1.82) is 0 Å². The number of carbonyl (C=O) groups excluding carboxylic acids is 2. The molecule has 1 aliphatic heterocycles. The first kappa shape index (κ1) is 24.7. The lowest BCUT2D eigenvalue weighted by molar-refractivity contribution is -0.123. The SMILES string of the molecule is CCN1CCN(c2ccc(F)cc2C(C)NC(=O)COc2ccc(CCC(C)=O)cc2)CC1. The second kappa shape index (κ2) is 11.8. The number of hydrogen-bond donors (Lipinski definition) is 1. The molecule has 2 aromatic carbocycles. The third kappa shape index (κ3) is 7.29. The van der Waals surface area contributed by atoms with E-state index in [2.05, 4.69) is 22.0 Å². The Labute approximate surface area is 195 Å². The molecule has 3 rings (SSSR count).